The molecule has 0 spiro atoms. The Morgan fingerprint density at radius 1 is 1.50 bits per heavy atom. The van der Waals surface area contributed by atoms with E-state index in [1.165, 1.54) is 0 Å². The van der Waals surface area contributed by atoms with Crippen LogP contribution in [0.5, 0.6) is 0 Å². The van der Waals surface area contributed by atoms with Crippen molar-refractivity contribution in [3.8, 4) is 0 Å². The van der Waals surface area contributed by atoms with Gasteiger partial charge in [-0.3, -0.25) is 0 Å². The van der Waals surface area contributed by atoms with Crippen molar-refractivity contribution in [1.29, 1.82) is 0 Å². The molecule has 8 N–H and O–H groups in total. The molecule has 1 aliphatic rings. The Morgan fingerprint density at radius 2 is 2.05 bits per heavy atom. The van der Waals surface area contributed by atoms with Gasteiger partial charge in [-0.1, -0.05) is 0 Å². The van der Waals surface area contributed by atoms with Gasteiger partial charge in [-0.15, -0.1) is 0 Å². The molecule has 10 heteroatoms. The number of carbonyl (C=O) groups is 2. The summed E-state index contributed by atoms with van der Waals surface area (Å²) in [6, 6.07) is 0. The van der Waals surface area contributed by atoms with Crippen LogP contribution in [0.25, 0.3) is 0 Å². The Kier molecular flexibility index (Phi) is 4.82. The largest absolute Gasteiger partial charge is 0.477 e. The van der Waals surface area contributed by atoms with Gasteiger partial charge in [0.1, 0.15) is 30.1 Å². The van der Waals surface area contributed by atoms with E-state index in [-0.39, 0.29) is 6.29 Å². The fourth-order valence-corrected chi connectivity index (χ4v) is 1.95. The maximum absolute atomic E-state index is 11.0. The number of carbonyl (C=O) groups excluding carboxylic acids is 1. The summed E-state index contributed by atoms with van der Waals surface area (Å²) in [7, 11) is 0. The zero-order valence-electron chi connectivity index (χ0n) is 10.3. The van der Waals surface area contributed by atoms with Crippen LogP contribution in [0.3, 0.4) is 0 Å². The van der Waals surface area contributed by atoms with Gasteiger partial charge in [-0.25, -0.2) is 4.79 Å². The van der Waals surface area contributed by atoms with Crippen LogP contribution < -0.4 is 5.73 Å². The maximum Gasteiger partial charge on any atom is 0.364 e. The number of carboxylic acids is 1. The average Bonchev–Trinajstić information content (AvgIpc) is 2.40. The lowest BCUT2D eigenvalue weighted by Gasteiger charge is -2.47. The summed E-state index contributed by atoms with van der Waals surface area (Å²) in [5.41, 5.74) is 3.31. The second-order valence-corrected chi connectivity index (χ2v) is 4.71. The van der Waals surface area contributed by atoms with E-state index in [2.05, 4.69) is 0 Å². The van der Waals surface area contributed by atoms with Crippen molar-refractivity contribution in [2.75, 3.05) is 6.61 Å². The van der Waals surface area contributed by atoms with Gasteiger partial charge in [0, 0.05) is 6.42 Å². The van der Waals surface area contributed by atoms with Crippen LogP contribution in [0.15, 0.2) is 0 Å². The third-order valence-corrected chi connectivity index (χ3v) is 3.29. The van der Waals surface area contributed by atoms with Crippen LogP contribution >= 0.6 is 0 Å². The van der Waals surface area contributed by atoms with Crippen LogP contribution in [0.4, 0.5) is 0 Å². The lowest BCUT2D eigenvalue weighted by molar-refractivity contribution is -0.302. The molecule has 1 saturated heterocycles. The molecule has 20 heavy (non-hydrogen) atoms. The van der Waals surface area contributed by atoms with E-state index in [0.29, 0.717) is 0 Å². The minimum atomic E-state index is -2.88. The minimum absolute atomic E-state index is 0.0249. The third kappa shape index (κ3) is 2.67. The fraction of sp³-hybridized carbons (Fsp3) is 0.800. The van der Waals surface area contributed by atoms with Gasteiger partial charge >= 0.3 is 5.97 Å². The number of aldehydes is 1. The SMILES string of the molecule is N[C@]1(C=O)[C@@H](O)C[C@@](O)(C(=O)O)O[C@H]1[C@H](O)[C@H](O)CO. The number of ether oxygens (including phenoxy) is 1. The maximum atomic E-state index is 11.0. The Bertz CT molecular complexity index is 391. The van der Waals surface area contributed by atoms with Crippen molar-refractivity contribution in [3.63, 3.8) is 0 Å². The molecule has 6 atom stereocenters. The van der Waals surface area contributed by atoms with Gasteiger partial charge in [0.2, 0.25) is 0 Å². The molecule has 1 heterocycles. The predicted octanol–water partition coefficient (Wildman–Crippen LogP) is -4.48. The minimum Gasteiger partial charge on any atom is -0.477 e. The van der Waals surface area contributed by atoms with Crippen molar-refractivity contribution in [2.24, 2.45) is 5.73 Å². The molecular formula is C10H17NO9. The van der Waals surface area contributed by atoms with Gasteiger partial charge in [0.25, 0.3) is 5.79 Å². The second-order valence-electron chi connectivity index (χ2n) is 4.71. The predicted molar refractivity (Wildman–Crippen MR) is 60.2 cm³/mol. The monoisotopic (exact) mass is 295 g/mol. The van der Waals surface area contributed by atoms with Gasteiger partial charge in [-0.05, 0) is 0 Å². The van der Waals surface area contributed by atoms with Crippen molar-refractivity contribution in [1.82, 2.24) is 0 Å². The summed E-state index contributed by atoms with van der Waals surface area (Å²) in [4.78, 5) is 22.0. The molecule has 0 unspecified atom stereocenters. The summed E-state index contributed by atoms with van der Waals surface area (Å²) in [5.74, 6) is -4.74. The highest BCUT2D eigenvalue weighted by Gasteiger charge is 2.59. The van der Waals surface area contributed by atoms with Crippen LogP contribution in [-0.2, 0) is 14.3 Å². The molecule has 0 aromatic rings. The molecule has 0 amide bonds. The van der Waals surface area contributed by atoms with E-state index in [1.807, 2.05) is 0 Å². The number of rotatable bonds is 5. The number of aliphatic carboxylic acids is 1. The number of hydrogen-bond donors (Lipinski definition) is 7. The first kappa shape index (κ1) is 16.9. The van der Waals surface area contributed by atoms with Crippen molar-refractivity contribution in [3.05, 3.63) is 0 Å². The van der Waals surface area contributed by atoms with Crippen LogP contribution in [0, 0.1) is 0 Å². The molecule has 10 nitrogen and oxygen atoms in total. The zero-order valence-corrected chi connectivity index (χ0v) is 10.3. The van der Waals surface area contributed by atoms with E-state index in [9.17, 15) is 30.0 Å². The summed E-state index contributed by atoms with van der Waals surface area (Å²) in [5, 5.41) is 56.2. The quantitative estimate of drug-likeness (QED) is 0.243. The van der Waals surface area contributed by atoms with Crippen LogP contribution in [-0.4, -0.2) is 85.2 Å². The standard InChI is InChI=1S/C10H17NO9/c11-9(3-13)5(15)1-10(19,8(17)18)20-7(9)6(16)4(14)2-12/h3-7,12,14-16,19H,1-2,11H2,(H,17,18)/t4-,5+,6-,7+,9-,10+/m1/s1. The van der Waals surface area contributed by atoms with Gasteiger partial charge in [-0.2, -0.15) is 0 Å². The molecule has 1 fully saturated rings. The van der Waals surface area contributed by atoms with Crippen LogP contribution in [0.2, 0.25) is 0 Å². The molecule has 1 rings (SSSR count). The van der Waals surface area contributed by atoms with Crippen LogP contribution in [0.1, 0.15) is 6.42 Å². The van der Waals surface area contributed by atoms with Crippen molar-refractivity contribution < 1.29 is 45.0 Å². The molecule has 0 radical (unpaired) electrons. The number of aliphatic hydroxyl groups is 5. The van der Waals surface area contributed by atoms with Gasteiger partial charge < -0.3 is 45.9 Å². The Hall–Kier alpha value is -1.14. The number of nitrogens with two attached hydrogens (primary N) is 1. The molecule has 1 aliphatic heterocycles. The Morgan fingerprint density at radius 3 is 2.45 bits per heavy atom. The molecule has 0 bridgehead atoms. The van der Waals surface area contributed by atoms with Crippen molar-refractivity contribution in [2.45, 2.75) is 42.2 Å². The normalized spacial score (nSPS) is 40.9. The molecule has 0 aromatic heterocycles. The first-order valence-electron chi connectivity index (χ1n) is 5.66. The molecule has 0 aliphatic carbocycles. The average molecular weight is 295 g/mol. The lowest BCUT2D eigenvalue weighted by Crippen LogP contribution is -2.74. The highest BCUT2D eigenvalue weighted by atomic mass is 16.7. The summed E-state index contributed by atoms with van der Waals surface area (Å²) in [6.07, 6.45) is -8.48. The smallest absolute Gasteiger partial charge is 0.364 e. The molecule has 116 valence electrons. The summed E-state index contributed by atoms with van der Waals surface area (Å²) < 4.78 is 4.72. The van der Waals surface area contributed by atoms with E-state index in [1.54, 1.807) is 0 Å². The zero-order chi connectivity index (χ0) is 15.7. The number of hydrogen-bond acceptors (Lipinski definition) is 9. The van der Waals surface area contributed by atoms with E-state index < -0.39 is 54.7 Å². The Balaban J connectivity index is 3.18. The Labute approximate surface area is 113 Å². The second kappa shape index (κ2) is 5.69. The number of carboxylic acid groups (broad SMARTS) is 1. The molecule has 0 saturated carbocycles. The highest BCUT2D eigenvalue weighted by molar-refractivity contribution is 5.77. The lowest BCUT2D eigenvalue weighted by atomic mass is 9.78. The first-order valence-corrected chi connectivity index (χ1v) is 5.66. The third-order valence-electron chi connectivity index (χ3n) is 3.29. The van der Waals surface area contributed by atoms with E-state index >= 15 is 0 Å². The van der Waals surface area contributed by atoms with Gasteiger partial charge in [0.05, 0.1) is 12.7 Å². The van der Waals surface area contributed by atoms with Gasteiger partial charge in [0.15, 0.2) is 0 Å². The van der Waals surface area contributed by atoms with Crippen molar-refractivity contribution >= 4 is 12.3 Å². The molecule has 0 aromatic carbocycles. The summed E-state index contributed by atoms with van der Waals surface area (Å²) >= 11 is 0. The topological polar surface area (TPSA) is 191 Å². The molecular weight excluding hydrogens is 278 g/mol. The first-order chi connectivity index (χ1) is 9.12. The number of aliphatic hydroxyl groups excluding tert-OH is 4. The fourth-order valence-electron chi connectivity index (χ4n) is 1.95. The summed E-state index contributed by atoms with van der Waals surface area (Å²) in [6.45, 7) is -0.933. The van der Waals surface area contributed by atoms with E-state index in [4.69, 9.17) is 20.7 Å². The highest BCUT2D eigenvalue weighted by Crippen LogP contribution is 2.34. The van der Waals surface area contributed by atoms with E-state index in [0.717, 1.165) is 0 Å².